The average molecular weight is 225 g/mol. The van der Waals surface area contributed by atoms with Crippen molar-refractivity contribution in [1.82, 2.24) is 15.0 Å². The summed E-state index contributed by atoms with van der Waals surface area (Å²) in [5.74, 6) is 0.197. The fraction of sp³-hybridized carbons (Fsp3) is 0.727. The molecule has 0 atom stereocenters. The number of Topliss-reactive ketones (excluding diaryl/α,β-unsaturated/α-hetero) is 1. The molecule has 0 saturated heterocycles. The Morgan fingerprint density at radius 3 is 2.81 bits per heavy atom. The van der Waals surface area contributed by atoms with Crippen LogP contribution in [0.5, 0.6) is 0 Å². The summed E-state index contributed by atoms with van der Waals surface area (Å²) in [6.07, 6.45) is 3.96. The molecule has 1 heterocycles. The van der Waals surface area contributed by atoms with E-state index in [-0.39, 0.29) is 12.4 Å². The zero-order valence-corrected chi connectivity index (χ0v) is 10.1. The molecule has 5 heteroatoms. The van der Waals surface area contributed by atoms with Gasteiger partial charge in [-0.15, -0.1) is 5.10 Å². The highest BCUT2D eigenvalue weighted by atomic mass is 16.3. The predicted octanol–water partition coefficient (Wildman–Crippen LogP) is 0.917. The third kappa shape index (κ3) is 3.41. The molecule has 90 valence electrons. The van der Waals surface area contributed by atoms with Crippen LogP contribution in [-0.2, 0) is 16.8 Å². The third-order valence-corrected chi connectivity index (χ3v) is 2.51. The number of aromatic nitrogens is 3. The van der Waals surface area contributed by atoms with Crippen molar-refractivity contribution in [3.8, 4) is 0 Å². The summed E-state index contributed by atoms with van der Waals surface area (Å²) in [5.41, 5.74) is 0.439. The zero-order chi connectivity index (χ0) is 12.2. The fourth-order valence-electron chi connectivity index (χ4n) is 1.30. The van der Waals surface area contributed by atoms with Gasteiger partial charge in [-0.05, 0) is 33.6 Å². The largest absolute Gasteiger partial charge is 0.394 e. The van der Waals surface area contributed by atoms with Gasteiger partial charge in [0.2, 0.25) is 0 Å². The Balaban J connectivity index is 2.55. The van der Waals surface area contributed by atoms with Gasteiger partial charge in [0.05, 0.1) is 17.8 Å². The summed E-state index contributed by atoms with van der Waals surface area (Å²) >= 11 is 0. The summed E-state index contributed by atoms with van der Waals surface area (Å²) in [5, 5.41) is 17.2. The van der Waals surface area contributed by atoms with Crippen molar-refractivity contribution in [2.75, 3.05) is 6.61 Å². The van der Waals surface area contributed by atoms with E-state index in [0.717, 1.165) is 18.5 Å². The van der Waals surface area contributed by atoms with Gasteiger partial charge in [0.1, 0.15) is 5.78 Å². The van der Waals surface area contributed by atoms with Crippen LogP contribution in [0.2, 0.25) is 0 Å². The van der Waals surface area contributed by atoms with E-state index in [0.29, 0.717) is 6.42 Å². The van der Waals surface area contributed by atoms with Crippen molar-refractivity contribution < 1.29 is 9.90 Å². The number of rotatable bonds is 6. The number of aliphatic hydroxyl groups is 1. The summed E-state index contributed by atoms with van der Waals surface area (Å²) < 4.78 is 1.66. The van der Waals surface area contributed by atoms with Gasteiger partial charge in [0, 0.05) is 12.6 Å². The first-order chi connectivity index (χ1) is 7.45. The van der Waals surface area contributed by atoms with Crippen LogP contribution < -0.4 is 0 Å². The number of hydrogen-bond acceptors (Lipinski definition) is 4. The molecule has 1 rings (SSSR count). The molecule has 0 saturated carbocycles. The minimum Gasteiger partial charge on any atom is -0.394 e. The molecule has 0 fully saturated rings. The van der Waals surface area contributed by atoms with Crippen LogP contribution in [0.4, 0.5) is 0 Å². The van der Waals surface area contributed by atoms with E-state index in [9.17, 15) is 9.90 Å². The molecule has 0 aromatic carbocycles. The first kappa shape index (κ1) is 12.8. The molecule has 0 bridgehead atoms. The van der Waals surface area contributed by atoms with Crippen LogP contribution >= 0.6 is 0 Å². The van der Waals surface area contributed by atoms with Gasteiger partial charge in [0.15, 0.2) is 0 Å². The summed E-state index contributed by atoms with van der Waals surface area (Å²) in [4.78, 5) is 10.8. The minimum atomic E-state index is -0.425. The van der Waals surface area contributed by atoms with Crippen LogP contribution in [0, 0.1) is 0 Å². The second-order valence-electron chi connectivity index (χ2n) is 4.68. The number of aliphatic hydroxyl groups excluding tert-OH is 1. The predicted molar refractivity (Wildman–Crippen MR) is 60.0 cm³/mol. The third-order valence-electron chi connectivity index (χ3n) is 2.51. The maximum Gasteiger partial charge on any atom is 0.129 e. The number of aryl methyl sites for hydroxylation is 1. The molecule has 0 unspecified atom stereocenters. The number of nitrogens with zero attached hydrogens (tertiary/aromatic N) is 3. The second-order valence-corrected chi connectivity index (χ2v) is 4.68. The monoisotopic (exact) mass is 225 g/mol. The quantitative estimate of drug-likeness (QED) is 0.781. The molecule has 16 heavy (non-hydrogen) atoms. The number of hydrogen-bond donors (Lipinski definition) is 1. The molecule has 0 aliphatic carbocycles. The highest BCUT2D eigenvalue weighted by Gasteiger charge is 2.20. The molecule has 0 aliphatic heterocycles. The SMILES string of the molecule is CC(=O)CCCc1cn(C(C)(C)CO)nn1. The van der Waals surface area contributed by atoms with Crippen molar-refractivity contribution in [1.29, 1.82) is 0 Å². The van der Waals surface area contributed by atoms with Crippen molar-refractivity contribution in [3.05, 3.63) is 11.9 Å². The van der Waals surface area contributed by atoms with Crippen molar-refractivity contribution in [2.24, 2.45) is 0 Å². The van der Waals surface area contributed by atoms with Gasteiger partial charge in [-0.25, -0.2) is 4.68 Å². The first-order valence-corrected chi connectivity index (χ1v) is 5.48. The number of carbonyl (C=O) groups is 1. The van der Waals surface area contributed by atoms with Gasteiger partial charge >= 0.3 is 0 Å². The molecular weight excluding hydrogens is 206 g/mol. The Labute approximate surface area is 95.5 Å². The van der Waals surface area contributed by atoms with Crippen LogP contribution in [0.1, 0.15) is 39.3 Å². The topological polar surface area (TPSA) is 68.0 Å². The summed E-state index contributed by atoms with van der Waals surface area (Å²) in [6, 6.07) is 0. The van der Waals surface area contributed by atoms with Gasteiger partial charge in [0.25, 0.3) is 0 Å². The van der Waals surface area contributed by atoms with Crippen LogP contribution in [0.3, 0.4) is 0 Å². The molecule has 1 N–H and O–H groups in total. The highest BCUT2D eigenvalue weighted by Crippen LogP contribution is 2.13. The zero-order valence-electron chi connectivity index (χ0n) is 10.1. The van der Waals surface area contributed by atoms with Crippen LogP contribution in [-0.4, -0.2) is 32.5 Å². The summed E-state index contributed by atoms with van der Waals surface area (Å²) in [7, 11) is 0. The lowest BCUT2D eigenvalue weighted by Crippen LogP contribution is -2.30. The minimum absolute atomic E-state index is 0.0171. The molecule has 1 aromatic rings. The van der Waals surface area contributed by atoms with E-state index in [1.807, 2.05) is 20.0 Å². The van der Waals surface area contributed by atoms with Gasteiger partial charge in [-0.3, -0.25) is 0 Å². The number of ketones is 1. The molecule has 0 spiro atoms. The fourth-order valence-corrected chi connectivity index (χ4v) is 1.30. The van der Waals surface area contributed by atoms with E-state index in [2.05, 4.69) is 10.3 Å². The smallest absolute Gasteiger partial charge is 0.129 e. The lowest BCUT2D eigenvalue weighted by molar-refractivity contribution is -0.117. The van der Waals surface area contributed by atoms with E-state index in [1.54, 1.807) is 11.6 Å². The van der Waals surface area contributed by atoms with Gasteiger partial charge in [-0.1, -0.05) is 5.21 Å². The first-order valence-electron chi connectivity index (χ1n) is 5.48. The van der Waals surface area contributed by atoms with Crippen molar-refractivity contribution >= 4 is 5.78 Å². The Kier molecular flexibility index (Phi) is 4.18. The molecule has 0 amide bonds. The lowest BCUT2D eigenvalue weighted by atomic mass is 10.1. The summed E-state index contributed by atoms with van der Waals surface area (Å²) in [6.45, 7) is 5.39. The van der Waals surface area contributed by atoms with Crippen LogP contribution in [0.15, 0.2) is 6.20 Å². The Morgan fingerprint density at radius 2 is 2.25 bits per heavy atom. The highest BCUT2D eigenvalue weighted by molar-refractivity contribution is 5.75. The van der Waals surface area contributed by atoms with Gasteiger partial charge < -0.3 is 9.90 Å². The molecule has 0 radical (unpaired) electrons. The number of carbonyl (C=O) groups excluding carboxylic acids is 1. The molecule has 1 aromatic heterocycles. The molecular formula is C11H19N3O2. The maximum absolute atomic E-state index is 10.8. The van der Waals surface area contributed by atoms with E-state index in [4.69, 9.17) is 0 Å². The Morgan fingerprint density at radius 1 is 1.56 bits per heavy atom. The Bertz CT molecular complexity index is 358. The van der Waals surface area contributed by atoms with E-state index in [1.165, 1.54) is 0 Å². The van der Waals surface area contributed by atoms with E-state index >= 15 is 0 Å². The van der Waals surface area contributed by atoms with Gasteiger partial charge in [-0.2, -0.15) is 0 Å². The lowest BCUT2D eigenvalue weighted by Gasteiger charge is -2.20. The van der Waals surface area contributed by atoms with E-state index < -0.39 is 5.54 Å². The van der Waals surface area contributed by atoms with Crippen LogP contribution in [0.25, 0.3) is 0 Å². The maximum atomic E-state index is 10.8. The molecule has 0 aliphatic rings. The van der Waals surface area contributed by atoms with Crippen molar-refractivity contribution in [2.45, 2.75) is 45.6 Å². The standard InChI is InChI=1S/C11H19N3O2/c1-9(16)5-4-6-10-7-14(13-12-10)11(2,3)8-15/h7,15H,4-6,8H2,1-3H3. The average Bonchev–Trinajstić information content (AvgIpc) is 2.66. The Hall–Kier alpha value is -1.23. The molecule has 5 nitrogen and oxygen atoms in total. The second kappa shape index (κ2) is 5.21. The normalized spacial score (nSPS) is 11.8. The van der Waals surface area contributed by atoms with Crippen molar-refractivity contribution in [3.63, 3.8) is 0 Å².